The van der Waals surface area contributed by atoms with Crippen LogP contribution in [0, 0.1) is 0 Å². The van der Waals surface area contributed by atoms with E-state index in [2.05, 4.69) is 41.0 Å². The molecule has 0 radical (unpaired) electrons. The van der Waals surface area contributed by atoms with Crippen molar-refractivity contribution in [2.75, 3.05) is 73.6 Å². The standard InChI is InChI=1S/C15H34N4O/c1-15(14-20,16-2)6-5-7-18-10-12-19(13-11-18)9-8-17(3)4/h16,20H,5-14H2,1-4H3. The van der Waals surface area contributed by atoms with Crippen molar-refractivity contribution < 1.29 is 5.11 Å². The summed E-state index contributed by atoms with van der Waals surface area (Å²) < 4.78 is 0. The second kappa shape index (κ2) is 8.95. The molecular weight excluding hydrogens is 252 g/mol. The first kappa shape index (κ1) is 17.9. The second-order valence-corrected chi connectivity index (χ2v) is 6.56. The molecule has 5 heteroatoms. The average molecular weight is 286 g/mol. The van der Waals surface area contributed by atoms with Crippen molar-refractivity contribution in [3.05, 3.63) is 0 Å². The van der Waals surface area contributed by atoms with Gasteiger partial charge in [0.1, 0.15) is 0 Å². The summed E-state index contributed by atoms with van der Waals surface area (Å²) in [6.07, 6.45) is 2.18. The molecule has 1 aliphatic heterocycles. The molecule has 1 fully saturated rings. The normalized spacial score (nSPS) is 21.3. The number of likely N-dealkylation sites (N-methyl/N-ethyl adjacent to an activating group) is 2. The highest BCUT2D eigenvalue weighted by Crippen LogP contribution is 2.12. The van der Waals surface area contributed by atoms with Gasteiger partial charge in [-0.1, -0.05) is 0 Å². The van der Waals surface area contributed by atoms with Crippen LogP contribution in [0.3, 0.4) is 0 Å². The summed E-state index contributed by atoms with van der Waals surface area (Å²) >= 11 is 0. The Labute approximate surface area is 124 Å². The van der Waals surface area contributed by atoms with E-state index in [0.29, 0.717) is 0 Å². The lowest BCUT2D eigenvalue weighted by Crippen LogP contribution is -2.49. The second-order valence-electron chi connectivity index (χ2n) is 6.56. The van der Waals surface area contributed by atoms with Gasteiger partial charge in [0.05, 0.1) is 6.61 Å². The van der Waals surface area contributed by atoms with Crippen LogP contribution in [0.25, 0.3) is 0 Å². The van der Waals surface area contributed by atoms with Gasteiger partial charge in [0.25, 0.3) is 0 Å². The molecule has 1 unspecified atom stereocenters. The fraction of sp³-hybridized carbons (Fsp3) is 1.00. The zero-order valence-electron chi connectivity index (χ0n) is 13.9. The van der Waals surface area contributed by atoms with Crippen LogP contribution < -0.4 is 5.32 Å². The Morgan fingerprint density at radius 2 is 1.65 bits per heavy atom. The van der Waals surface area contributed by atoms with E-state index < -0.39 is 0 Å². The third kappa shape index (κ3) is 6.50. The highest BCUT2D eigenvalue weighted by atomic mass is 16.3. The van der Waals surface area contributed by atoms with E-state index in [9.17, 15) is 5.11 Å². The molecule has 0 amide bonds. The summed E-state index contributed by atoms with van der Waals surface area (Å²) in [5.74, 6) is 0. The maximum Gasteiger partial charge on any atom is 0.0610 e. The first-order chi connectivity index (χ1) is 9.49. The molecule has 5 nitrogen and oxygen atoms in total. The van der Waals surface area contributed by atoms with Crippen LogP contribution in [-0.4, -0.2) is 98.9 Å². The number of nitrogens with one attached hydrogen (secondary N) is 1. The Balaban J connectivity index is 2.13. The molecule has 0 aromatic rings. The smallest absolute Gasteiger partial charge is 0.0610 e. The summed E-state index contributed by atoms with van der Waals surface area (Å²) in [4.78, 5) is 7.36. The Bertz CT molecular complexity index is 248. The van der Waals surface area contributed by atoms with Gasteiger partial charge < -0.3 is 20.2 Å². The van der Waals surface area contributed by atoms with Gasteiger partial charge in [-0.05, 0) is 47.5 Å². The van der Waals surface area contributed by atoms with Gasteiger partial charge >= 0.3 is 0 Å². The van der Waals surface area contributed by atoms with Crippen molar-refractivity contribution in [3.8, 4) is 0 Å². The quantitative estimate of drug-likeness (QED) is 0.620. The van der Waals surface area contributed by atoms with Gasteiger partial charge in [-0.25, -0.2) is 0 Å². The molecule has 0 aliphatic carbocycles. The van der Waals surface area contributed by atoms with Crippen molar-refractivity contribution in [2.45, 2.75) is 25.3 Å². The molecule has 0 bridgehead atoms. The fourth-order valence-corrected chi connectivity index (χ4v) is 2.55. The number of hydrogen-bond donors (Lipinski definition) is 2. The molecule has 0 saturated carbocycles. The summed E-state index contributed by atoms with van der Waals surface area (Å²) in [6, 6.07) is 0. The zero-order valence-corrected chi connectivity index (χ0v) is 13.9. The topological polar surface area (TPSA) is 42.0 Å². The molecule has 0 aromatic carbocycles. The van der Waals surface area contributed by atoms with E-state index >= 15 is 0 Å². The van der Waals surface area contributed by atoms with E-state index in [1.165, 1.54) is 32.7 Å². The Hall–Kier alpha value is -0.200. The van der Waals surface area contributed by atoms with E-state index in [-0.39, 0.29) is 12.1 Å². The third-order valence-electron chi connectivity index (χ3n) is 4.48. The molecular formula is C15H34N4O. The maximum atomic E-state index is 9.37. The van der Waals surface area contributed by atoms with Gasteiger partial charge in [-0.3, -0.25) is 4.90 Å². The number of hydrogen-bond acceptors (Lipinski definition) is 5. The molecule has 1 aliphatic rings. The number of nitrogens with zero attached hydrogens (tertiary/aromatic N) is 3. The first-order valence-corrected chi connectivity index (χ1v) is 7.88. The van der Waals surface area contributed by atoms with Crippen LogP contribution in [0.5, 0.6) is 0 Å². The minimum atomic E-state index is -0.118. The van der Waals surface area contributed by atoms with Crippen molar-refractivity contribution in [1.82, 2.24) is 20.0 Å². The minimum absolute atomic E-state index is 0.118. The minimum Gasteiger partial charge on any atom is -0.394 e. The zero-order chi connectivity index (χ0) is 15.0. The molecule has 1 rings (SSSR count). The molecule has 1 heterocycles. The summed E-state index contributed by atoms with van der Waals surface area (Å²) in [5, 5.41) is 12.6. The van der Waals surface area contributed by atoms with Gasteiger partial charge in [-0.15, -0.1) is 0 Å². The van der Waals surface area contributed by atoms with Crippen LogP contribution in [-0.2, 0) is 0 Å². The number of piperazine rings is 1. The lowest BCUT2D eigenvalue weighted by molar-refractivity contribution is 0.116. The lowest BCUT2D eigenvalue weighted by atomic mass is 9.97. The maximum absolute atomic E-state index is 9.37. The molecule has 2 N–H and O–H groups in total. The van der Waals surface area contributed by atoms with Crippen molar-refractivity contribution in [2.24, 2.45) is 0 Å². The van der Waals surface area contributed by atoms with E-state index in [1.807, 2.05) is 7.05 Å². The monoisotopic (exact) mass is 286 g/mol. The van der Waals surface area contributed by atoms with E-state index in [4.69, 9.17) is 0 Å². The average Bonchev–Trinajstić information content (AvgIpc) is 2.46. The SMILES string of the molecule is CNC(C)(CO)CCCN1CCN(CCN(C)C)CC1. The molecule has 0 spiro atoms. The fourth-order valence-electron chi connectivity index (χ4n) is 2.55. The van der Waals surface area contributed by atoms with Crippen LogP contribution in [0.4, 0.5) is 0 Å². The third-order valence-corrected chi connectivity index (χ3v) is 4.48. The predicted octanol–water partition coefficient (Wildman–Crippen LogP) is -0.0838. The molecule has 120 valence electrons. The van der Waals surface area contributed by atoms with Crippen LogP contribution in [0.15, 0.2) is 0 Å². The largest absolute Gasteiger partial charge is 0.394 e. The molecule has 1 atom stereocenters. The van der Waals surface area contributed by atoms with Gasteiger partial charge in [0.2, 0.25) is 0 Å². The van der Waals surface area contributed by atoms with Gasteiger partial charge in [0, 0.05) is 44.8 Å². The Kier molecular flexibility index (Phi) is 7.99. The Morgan fingerprint density at radius 3 is 2.10 bits per heavy atom. The van der Waals surface area contributed by atoms with Crippen molar-refractivity contribution in [3.63, 3.8) is 0 Å². The van der Waals surface area contributed by atoms with E-state index in [0.717, 1.165) is 25.9 Å². The summed E-state index contributed by atoms with van der Waals surface area (Å²) in [7, 11) is 6.20. The molecule has 20 heavy (non-hydrogen) atoms. The van der Waals surface area contributed by atoms with Crippen LogP contribution in [0.2, 0.25) is 0 Å². The van der Waals surface area contributed by atoms with Crippen molar-refractivity contribution >= 4 is 0 Å². The Morgan fingerprint density at radius 1 is 1.10 bits per heavy atom. The lowest BCUT2D eigenvalue weighted by Gasteiger charge is -2.36. The van der Waals surface area contributed by atoms with Crippen molar-refractivity contribution in [1.29, 1.82) is 0 Å². The summed E-state index contributed by atoms with van der Waals surface area (Å²) in [6.45, 7) is 10.5. The molecule has 1 saturated heterocycles. The first-order valence-electron chi connectivity index (χ1n) is 7.88. The van der Waals surface area contributed by atoms with Gasteiger partial charge in [0.15, 0.2) is 0 Å². The number of aliphatic hydroxyl groups is 1. The van der Waals surface area contributed by atoms with Crippen LogP contribution in [0.1, 0.15) is 19.8 Å². The predicted molar refractivity (Wildman–Crippen MR) is 85.2 cm³/mol. The highest BCUT2D eigenvalue weighted by molar-refractivity contribution is 4.81. The number of aliphatic hydroxyl groups excluding tert-OH is 1. The van der Waals surface area contributed by atoms with Gasteiger partial charge in [-0.2, -0.15) is 0 Å². The van der Waals surface area contributed by atoms with E-state index in [1.54, 1.807) is 0 Å². The van der Waals surface area contributed by atoms with Crippen LogP contribution >= 0.6 is 0 Å². The summed E-state index contributed by atoms with van der Waals surface area (Å²) in [5.41, 5.74) is -0.118. The highest BCUT2D eigenvalue weighted by Gasteiger charge is 2.21. The number of rotatable bonds is 9. The molecule has 0 aromatic heterocycles.